The molecule has 0 aliphatic heterocycles. The number of rotatable bonds is 8. The lowest BCUT2D eigenvalue weighted by atomic mass is 9.99. The Bertz CT molecular complexity index is 1110. The average molecular weight is 437 g/mol. The van der Waals surface area contributed by atoms with Crippen LogP contribution in [0.15, 0.2) is 83.8 Å². The van der Waals surface area contributed by atoms with Gasteiger partial charge in [-0.15, -0.1) is 0 Å². The first-order chi connectivity index (χ1) is 14.8. The highest BCUT2D eigenvalue weighted by Gasteiger charge is 2.29. The van der Waals surface area contributed by atoms with E-state index in [2.05, 4.69) is 10.0 Å². The molecular formula is C25H28N2O3S. The average Bonchev–Trinajstić information content (AvgIpc) is 2.78. The van der Waals surface area contributed by atoms with Crippen molar-refractivity contribution >= 4 is 21.6 Å². The predicted molar refractivity (Wildman–Crippen MR) is 125 cm³/mol. The van der Waals surface area contributed by atoms with Gasteiger partial charge in [0.2, 0.25) is 15.9 Å². The van der Waals surface area contributed by atoms with Crippen LogP contribution in [0.1, 0.15) is 25.8 Å². The maximum Gasteiger partial charge on any atom is 0.242 e. The van der Waals surface area contributed by atoms with E-state index >= 15 is 0 Å². The lowest BCUT2D eigenvalue weighted by Crippen LogP contribution is -2.47. The van der Waals surface area contributed by atoms with Gasteiger partial charge in [0.15, 0.2) is 0 Å². The number of amides is 1. The Hall–Kier alpha value is -2.96. The number of aryl methyl sites for hydroxylation is 1. The fourth-order valence-electron chi connectivity index (χ4n) is 3.21. The van der Waals surface area contributed by atoms with E-state index in [0.29, 0.717) is 12.1 Å². The summed E-state index contributed by atoms with van der Waals surface area (Å²) in [4.78, 5) is 13.1. The normalized spacial score (nSPS) is 13.4. The number of anilines is 1. The fraction of sp³-hybridized carbons (Fsp3) is 0.240. The number of hydrogen-bond donors (Lipinski definition) is 2. The maximum absolute atomic E-state index is 13.0. The first-order valence-electron chi connectivity index (χ1n) is 10.4. The van der Waals surface area contributed by atoms with Gasteiger partial charge in [0.05, 0.1) is 4.90 Å². The van der Waals surface area contributed by atoms with Gasteiger partial charge in [-0.3, -0.25) is 4.79 Å². The van der Waals surface area contributed by atoms with Crippen LogP contribution in [0.2, 0.25) is 0 Å². The fourth-order valence-corrected chi connectivity index (χ4v) is 4.52. The van der Waals surface area contributed by atoms with Gasteiger partial charge in [0.25, 0.3) is 0 Å². The molecule has 0 aliphatic rings. The van der Waals surface area contributed by atoms with E-state index in [-0.39, 0.29) is 16.7 Å². The summed E-state index contributed by atoms with van der Waals surface area (Å²) in [6.45, 7) is 5.68. The molecule has 6 heteroatoms. The monoisotopic (exact) mass is 436 g/mol. The second-order valence-corrected chi connectivity index (χ2v) is 9.44. The molecule has 0 radical (unpaired) electrons. The third kappa shape index (κ3) is 5.81. The number of carbonyl (C=O) groups excluding carboxylic acids is 1. The standard InChI is InChI=1S/C25H28N2O3S/c1-4-19(3)24(27-31(29,30)23-16-10-18(2)11-17-23)25(28)26-22-14-12-21(13-15-22)20-8-6-5-7-9-20/h5-17,19,24,27H,4H2,1-3H3,(H,26,28)/t19-,24+/m1/s1. The van der Waals surface area contributed by atoms with Gasteiger partial charge >= 0.3 is 0 Å². The molecular weight excluding hydrogens is 408 g/mol. The molecule has 0 saturated carbocycles. The minimum absolute atomic E-state index is 0.145. The summed E-state index contributed by atoms with van der Waals surface area (Å²) in [6, 6.07) is 23.1. The smallest absolute Gasteiger partial charge is 0.242 e. The number of sulfonamides is 1. The van der Waals surface area contributed by atoms with Crippen LogP contribution in [0.25, 0.3) is 11.1 Å². The van der Waals surface area contributed by atoms with Crippen LogP contribution < -0.4 is 10.0 Å². The van der Waals surface area contributed by atoms with Crippen molar-refractivity contribution in [3.8, 4) is 11.1 Å². The van der Waals surface area contributed by atoms with Crippen molar-refractivity contribution < 1.29 is 13.2 Å². The largest absolute Gasteiger partial charge is 0.325 e. The SMILES string of the molecule is CC[C@@H](C)[C@H](NS(=O)(=O)c1ccc(C)cc1)C(=O)Nc1ccc(-c2ccccc2)cc1. The van der Waals surface area contributed by atoms with E-state index < -0.39 is 16.1 Å². The predicted octanol–water partition coefficient (Wildman–Crippen LogP) is 4.99. The second-order valence-electron chi connectivity index (χ2n) is 7.73. The number of nitrogens with one attached hydrogen (secondary N) is 2. The Morgan fingerprint density at radius 2 is 1.45 bits per heavy atom. The minimum atomic E-state index is -3.82. The molecule has 2 N–H and O–H groups in total. The van der Waals surface area contributed by atoms with Crippen molar-refractivity contribution in [1.29, 1.82) is 0 Å². The summed E-state index contributed by atoms with van der Waals surface area (Å²) >= 11 is 0. The van der Waals surface area contributed by atoms with Crippen molar-refractivity contribution in [1.82, 2.24) is 4.72 Å². The van der Waals surface area contributed by atoms with Gasteiger partial charge in [-0.1, -0.05) is 80.4 Å². The Balaban J connectivity index is 1.76. The lowest BCUT2D eigenvalue weighted by Gasteiger charge is -2.23. The minimum Gasteiger partial charge on any atom is -0.325 e. The molecule has 0 unspecified atom stereocenters. The van der Waals surface area contributed by atoms with Crippen molar-refractivity contribution in [2.24, 2.45) is 5.92 Å². The first kappa shape index (κ1) is 22.7. The Kier molecular flexibility index (Phi) is 7.25. The molecule has 1 amide bonds. The van der Waals surface area contributed by atoms with Crippen LogP contribution in [-0.4, -0.2) is 20.4 Å². The lowest BCUT2D eigenvalue weighted by molar-refractivity contribution is -0.118. The molecule has 5 nitrogen and oxygen atoms in total. The van der Waals surface area contributed by atoms with Gasteiger partial charge in [-0.2, -0.15) is 4.72 Å². The molecule has 0 spiro atoms. The molecule has 162 valence electrons. The summed E-state index contributed by atoms with van der Waals surface area (Å²) in [6.07, 6.45) is 0.654. The zero-order valence-corrected chi connectivity index (χ0v) is 18.8. The molecule has 3 aromatic carbocycles. The third-order valence-electron chi connectivity index (χ3n) is 5.37. The van der Waals surface area contributed by atoms with E-state index in [9.17, 15) is 13.2 Å². The van der Waals surface area contributed by atoms with Crippen molar-refractivity contribution in [2.75, 3.05) is 5.32 Å². The quantitative estimate of drug-likeness (QED) is 0.522. The van der Waals surface area contributed by atoms with E-state index in [1.165, 1.54) is 0 Å². The zero-order chi connectivity index (χ0) is 22.4. The zero-order valence-electron chi connectivity index (χ0n) is 18.0. The van der Waals surface area contributed by atoms with Gasteiger partial charge in [-0.05, 0) is 48.2 Å². The Morgan fingerprint density at radius 1 is 0.871 bits per heavy atom. The Morgan fingerprint density at radius 3 is 2.03 bits per heavy atom. The van der Waals surface area contributed by atoms with Gasteiger partial charge < -0.3 is 5.32 Å². The van der Waals surface area contributed by atoms with Crippen LogP contribution in [0.4, 0.5) is 5.69 Å². The highest BCUT2D eigenvalue weighted by atomic mass is 32.2. The summed E-state index contributed by atoms with van der Waals surface area (Å²) in [5.41, 5.74) is 3.71. The van der Waals surface area contributed by atoms with Gasteiger partial charge in [0.1, 0.15) is 6.04 Å². The third-order valence-corrected chi connectivity index (χ3v) is 6.83. The van der Waals surface area contributed by atoms with Crippen molar-refractivity contribution in [3.63, 3.8) is 0 Å². The van der Waals surface area contributed by atoms with E-state index in [1.54, 1.807) is 24.3 Å². The van der Waals surface area contributed by atoms with Crippen molar-refractivity contribution in [3.05, 3.63) is 84.4 Å². The summed E-state index contributed by atoms with van der Waals surface area (Å²) in [5.74, 6) is -0.554. The number of hydrogen-bond acceptors (Lipinski definition) is 3. The van der Waals surface area contributed by atoms with Gasteiger partial charge in [0, 0.05) is 5.69 Å². The molecule has 0 aromatic heterocycles. The molecule has 0 bridgehead atoms. The summed E-state index contributed by atoms with van der Waals surface area (Å²) in [7, 11) is -3.82. The molecule has 0 aliphatic carbocycles. The topological polar surface area (TPSA) is 75.3 Å². The molecule has 31 heavy (non-hydrogen) atoms. The van der Waals surface area contributed by atoms with Crippen LogP contribution >= 0.6 is 0 Å². The van der Waals surface area contributed by atoms with Crippen LogP contribution in [0.3, 0.4) is 0 Å². The molecule has 0 saturated heterocycles. The van der Waals surface area contributed by atoms with Crippen LogP contribution in [0.5, 0.6) is 0 Å². The molecule has 0 fully saturated rings. The van der Waals surface area contributed by atoms with E-state index in [4.69, 9.17) is 0 Å². The van der Waals surface area contributed by atoms with E-state index in [0.717, 1.165) is 16.7 Å². The molecule has 2 atom stereocenters. The summed E-state index contributed by atoms with van der Waals surface area (Å²) in [5, 5.41) is 2.85. The van der Waals surface area contributed by atoms with Crippen LogP contribution in [0, 0.1) is 12.8 Å². The van der Waals surface area contributed by atoms with Crippen LogP contribution in [-0.2, 0) is 14.8 Å². The van der Waals surface area contributed by atoms with E-state index in [1.807, 2.05) is 75.4 Å². The second kappa shape index (κ2) is 9.90. The Labute approximate surface area is 184 Å². The molecule has 3 rings (SSSR count). The maximum atomic E-state index is 13.0. The van der Waals surface area contributed by atoms with Gasteiger partial charge in [-0.25, -0.2) is 8.42 Å². The highest BCUT2D eigenvalue weighted by Crippen LogP contribution is 2.22. The number of carbonyl (C=O) groups is 1. The molecule has 0 heterocycles. The highest BCUT2D eigenvalue weighted by molar-refractivity contribution is 7.89. The van der Waals surface area contributed by atoms with Crippen molar-refractivity contribution in [2.45, 2.75) is 38.1 Å². The first-order valence-corrected chi connectivity index (χ1v) is 11.8. The summed E-state index contributed by atoms with van der Waals surface area (Å²) < 4.78 is 28.3. The number of benzene rings is 3. The molecule has 3 aromatic rings.